The Morgan fingerprint density at radius 3 is 2.62 bits per heavy atom. The Labute approximate surface area is 189 Å². The molecule has 0 unspecified atom stereocenters. The highest BCUT2D eigenvalue weighted by atomic mass is 32.2. The van der Waals surface area contributed by atoms with Crippen LogP contribution in [0.4, 0.5) is 4.39 Å². The second-order valence-corrected chi connectivity index (χ2v) is 8.43. The van der Waals surface area contributed by atoms with Crippen LogP contribution in [0.15, 0.2) is 66.3 Å². The minimum absolute atomic E-state index is 0.144. The molecule has 0 saturated carbocycles. The third-order valence-electron chi connectivity index (χ3n) is 5.24. The molecule has 4 rings (SSSR count). The zero-order valence-electron chi connectivity index (χ0n) is 18.0. The van der Waals surface area contributed by atoms with Crippen molar-refractivity contribution in [1.82, 2.24) is 29.6 Å². The molecule has 0 radical (unpaired) electrons. The molecule has 0 aliphatic heterocycles. The predicted molar refractivity (Wildman–Crippen MR) is 121 cm³/mol. The van der Waals surface area contributed by atoms with Gasteiger partial charge in [0.25, 0.3) is 0 Å². The Kier molecular flexibility index (Phi) is 6.36. The van der Waals surface area contributed by atoms with Crippen LogP contribution in [0.2, 0.25) is 0 Å². The summed E-state index contributed by atoms with van der Waals surface area (Å²) in [5.41, 5.74) is 4.06. The monoisotopic (exact) mass is 450 g/mol. The van der Waals surface area contributed by atoms with E-state index in [1.807, 2.05) is 28.3 Å². The number of nitrogens with one attached hydrogen (secondary N) is 1. The summed E-state index contributed by atoms with van der Waals surface area (Å²) in [6.45, 7) is 4.11. The molecule has 1 atom stereocenters. The minimum atomic E-state index is -0.499. The van der Waals surface area contributed by atoms with E-state index in [-0.39, 0.29) is 17.5 Å². The number of thioether (sulfide) groups is 1. The molecule has 9 heteroatoms. The maximum Gasteiger partial charge on any atom is 0.231 e. The van der Waals surface area contributed by atoms with E-state index >= 15 is 0 Å². The first-order chi connectivity index (χ1) is 15.4. The van der Waals surface area contributed by atoms with Crippen LogP contribution in [-0.2, 0) is 11.8 Å². The number of rotatable bonds is 7. The molecule has 2 heterocycles. The van der Waals surface area contributed by atoms with E-state index in [2.05, 4.69) is 40.4 Å². The van der Waals surface area contributed by atoms with Gasteiger partial charge in [0, 0.05) is 25.1 Å². The summed E-state index contributed by atoms with van der Waals surface area (Å²) in [5.74, 6) is 0.279. The number of aromatic nitrogens is 5. The SMILES string of the molecule is Cc1ccc(-n2cnnc2SCC(=O)N[C@@H](c2ccc(F)cc2)c2nccn2C)cc1C. The van der Waals surface area contributed by atoms with Gasteiger partial charge in [-0.1, -0.05) is 30.0 Å². The summed E-state index contributed by atoms with van der Waals surface area (Å²) < 4.78 is 17.1. The summed E-state index contributed by atoms with van der Waals surface area (Å²) in [6.07, 6.45) is 5.11. The Hall–Kier alpha value is -3.46. The van der Waals surface area contributed by atoms with Crippen LogP contribution in [0.3, 0.4) is 0 Å². The molecule has 0 saturated heterocycles. The number of hydrogen-bond donors (Lipinski definition) is 1. The number of imidazole rings is 1. The second kappa shape index (κ2) is 9.35. The fourth-order valence-electron chi connectivity index (χ4n) is 3.32. The number of aryl methyl sites for hydroxylation is 3. The summed E-state index contributed by atoms with van der Waals surface area (Å²) in [6, 6.07) is 11.7. The maximum atomic E-state index is 13.4. The van der Waals surface area contributed by atoms with Gasteiger partial charge in [0.15, 0.2) is 5.16 Å². The fraction of sp³-hybridized carbons (Fsp3) is 0.217. The van der Waals surface area contributed by atoms with Crippen molar-refractivity contribution in [2.75, 3.05) is 5.75 Å². The first-order valence-corrected chi connectivity index (χ1v) is 11.0. The number of halogens is 1. The lowest BCUT2D eigenvalue weighted by Crippen LogP contribution is -2.32. The van der Waals surface area contributed by atoms with Gasteiger partial charge in [0.05, 0.1) is 5.75 Å². The summed E-state index contributed by atoms with van der Waals surface area (Å²) >= 11 is 1.30. The van der Waals surface area contributed by atoms with Crippen LogP contribution < -0.4 is 5.32 Å². The molecule has 32 heavy (non-hydrogen) atoms. The quantitative estimate of drug-likeness (QED) is 0.434. The van der Waals surface area contributed by atoms with Crippen LogP contribution in [-0.4, -0.2) is 36.0 Å². The summed E-state index contributed by atoms with van der Waals surface area (Å²) in [4.78, 5) is 17.2. The Morgan fingerprint density at radius 1 is 1.16 bits per heavy atom. The van der Waals surface area contributed by atoms with Gasteiger partial charge < -0.3 is 9.88 Å². The molecule has 0 aliphatic carbocycles. The molecule has 2 aromatic heterocycles. The Morgan fingerprint density at radius 2 is 1.94 bits per heavy atom. The number of carbonyl (C=O) groups excluding carboxylic acids is 1. The third-order valence-corrected chi connectivity index (χ3v) is 6.19. The van der Waals surface area contributed by atoms with Crippen LogP contribution in [0, 0.1) is 19.7 Å². The molecular formula is C23H23FN6OS. The average molecular weight is 451 g/mol. The van der Waals surface area contributed by atoms with Crippen LogP contribution in [0.25, 0.3) is 5.69 Å². The van der Waals surface area contributed by atoms with Crippen LogP contribution in [0.1, 0.15) is 28.6 Å². The van der Waals surface area contributed by atoms with Crippen molar-refractivity contribution in [3.8, 4) is 5.69 Å². The highest BCUT2D eigenvalue weighted by Crippen LogP contribution is 2.23. The zero-order chi connectivity index (χ0) is 22.7. The normalized spacial score (nSPS) is 12.0. The number of amides is 1. The van der Waals surface area contributed by atoms with Gasteiger partial charge in [0.1, 0.15) is 24.0 Å². The van der Waals surface area contributed by atoms with Crippen molar-refractivity contribution in [3.63, 3.8) is 0 Å². The number of carbonyl (C=O) groups is 1. The first kappa shape index (κ1) is 21.8. The van der Waals surface area contributed by atoms with Gasteiger partial charge >= 0.3 is 0 Å². The van der Waals surface area contributed by atoms with E-state index in [1.165, 1.54) is 35.0 Å². The van der Waals surface area contributed by atoms with Gasteiger partial charge in [0.2, 0.25) is 5.91 Å². The zero-order valence-corrected chi connectivity index (χ0v) is 18.8. The minimum Gasteiger partial charge on any atom is -0.341 e. The van der Waals surface area contributed by atoms with E-state index in [4.69, 9.17) is 0 Å². The van der Waals surface area contributed by atoms with Gasteiger partial charge in [-0.2, -0.15) is 0 Å². The van der Waals surface area contributed by atoms with Crippen molar-refractivity contribution < 1.29 is 9.18 Å². The molecule has 0 spiro atoms. The maximum absolute atomic E-state index is 13.4. The Balaban J connectivity index is 1.49. The van der Waals surface area contributed by atoms with Crippen molar-refractivity contribution in [3.05, 3.63) is 89.5 Å². The van der Waals surface area contributed by atoms with E-state index in [1.54, 1.807) is 30.9 Å². The fourth-order valence-corrected chi connectivity index (χ4v) is 4.06. The highest BCUT2D eigenvalue weighted by molar-refractivity contribution is 7.99. The molecule has 164 valence electrons. The molecule has 1 N–H and O–H groups in total. The first-order valence-electron chi connectivity index (χ1n) is 10.0. The molecule has 2 aromatic carbocycles. The molecule has 7 nitrogen and oxygen atoms in total. The largest absolute Gasteiger partial charge is 0.341 e. The van der Waals surface area contributed by atoms with E-state index in [9.17, 15) is 9.18 Å². The third kappa shape index (κ3) is 4.72. The van der Waals surface area contributed by atoms with Gasteiger partial charge in [-0.3, -0.25) is 9.36 Å². The number of hydrogen-bond acceptors (Lipinski definition) is 5. The molecular weight excluding hydrogens is 427 g/mol. The number of benzene rings is 2. The van der Waals surface area contributed by atoms with E-state index < -0.39 is 6.04 Å². The lowest BCUT2D eigenvalue weighted by Gasteiger charge is -2.19. The van der Waals surface area contributed by atoms with Crippen molar-refractivity contribution in [2.45, 2.75) is 25.0 Å². The lowest BCUT2D eigenvalue weighted by atomic mass is 10.1. The van der Waals surface area contributed by atoms with E-state index in [0.717, 1.165) is 11.3 Å². The van der Waals surface area contributed by atoms with Crippen molar-refractivity contribution >= 4 is 17.7 Å². The highest BCUT2D eigenvalue weighted by Gasteiger charge is 2.21. The summed E-state index contributed by atoms with van der Waals surface area (Å²) in [5, 5.41) is 11.8. The van der Waals surface area contributed by atoms with Crippen LogP contribution in [0.5, 0.6) is 0 Å². The average Bonchev–Trinajstić information content (AvgIpc) is 3.42. The summed E-state index contributed by atoms with van der Waals surface area (Å²) in [7, 11) is 1.85. The smallest absolute Gasteiger partial charge is 0.231 e. The van der Waals surface area contributed by atoms with E-state index in [0.29, 0.717) is 11.0 Å². The van der Waals surface area contributed by atoms with Crippen molar-refractivity contribution in [2.24, 2.45) is 7.05 Å². The van der Waals surface area contributed by atoms with Crippen LogP contribution >= 0.6 is 11.8 Å². The van der Waals surface area contributed by atoms with Gasteiger partial charge in [-0.15, -0.1) is 10.2 Å². The second-order valence-electron chi connectivity index (χ2n) is 7.49. The molecule has 0 fully saturated rings. The topological polar surface area (TPSA) is 77.6 Å². The molecule has 0 aliphatic rings. The van der Waals surface area contributed by atoms with Gasteiger partial charge in [-0.05, 0) is 54.8 Å². The standard InChI is InChI=1S/C23H23FN6OS/c1-15-4-9-19(12-16(15)2)30-14-26-28-23(30)32-13-20(31)27-21(22-25-10-11-29(22)3)17-5-7-18(24)8-6-17/h4-12,14,21H,13H2,1-3H3,(H,27,31)/t21-/m0/s1. The number of nitrogens with zero attached hydrogens (tertiary/aromatic N) is 5. The molecule has 1 amide bonds. The molecule has 4 aromatic rings. The van der Waals surface area contributed by atoms with Crippen molar-refractivity contribution in [1.29, 1.82) is 0 Å². The Bertz CT molecular complexity index is 1230. The molecule has 0 bridgehead atoms. The van der Waals surface area contributed by atoms with Gasteiger partial charge in [-0.25, -0.2) is 9.37 Å². The lowest BCUT2D eigenvalue weighted by molar-refractivity contribution is -0.119. The predicted octanol–water partition coefficient (Wildman–Crippen LogP) is 3.75.